The van der Waals surface area contributed by atoms with Gasteiger partial charge in [0.2, 0.25) is 0 Å². The summed E-state index contributed by atoms with van der Waals surface area (Å²) in [6, 6.07) is 4.61. The summed E-state index contributed by atoms with van der Waals surface area (Å²) in [5.41, 5.74) is 0.746. The lowest BCUT2D eigenvalue weighted by molar-refractivity contribution is -0.384. The average Bonchev–Trinajstić information content (AvgIpc) is 2.43. The Kier molecular flexibility index (Phi) is 4.93. The topological polar surface area (TPSA) is 75.8 Å². The van der Waals surface area contributed by atoms with Gasteiger partial charge in [-0.25, -0.2) is 0 Å². The van der Waals surface area contributed by atoms with Crippen molar-refractivity contribution in [2.24, 2.45) is 0 Å². The normalized spacial score (nSPS) is 23.8. The van der Waals surface area contributed by atoms with Gasteiger partial charge in [-0.3, -0.25) is 15.0 Å². The molecule has 1 aromatic carbocycles. The fourth-order valence-electron chi connectivity index (χ4n) is 2.22. The molecule has 0 aromatic heterocycles. The third kappa shape index (κ3) is 3.46. The Morgan fingerprint density at radius 3 is 3.00 bits per heavy atom. The number of nitro groups is 1. The van der Waals surface area contributed by atoms with Gasteiger partial charge in [0.25, 0.3) is 5.69 Å². The number of benzene rings is 1. The minimum atomic E-state index is -0.431. The molecule has 0 spiro atoms. The number of aliphatic hydroxyl groups excluding tert-OH is 1. The Balaban J connectivity index is 2.15. The minimum absolute atomic E-state index is 0.0315. The number of aliphatic hydroxyl groups is 1. The number of rotatable bonds is 4. The van der Waals surface area contributed by atoms with Gasteiger partial charge in [0.05, 0.1) is 24.2 Å². The van der Waals surface area contributed by atoms with E-state index in [-0.39, 0.29) is 24.4 Å². The summed E-state index contributed by atoms with van der Waals surface area (Å²) in [5, 5.41) is 20.5. The van der Waals surface area contributed by atoms with Crippen molar-refractivity contribution in [1.82, 2.24) is 4.90 Å². The lowest BCUT2D eigenvalue weighted by Gasteiger charge is -2.37. The van der Waals surface area contributed by atoms with Crippen molar-refractivity contribution in [2.45, 2.75) is 25.6 Å². The van der Waals surface area contributed by atoms with Crippen LogP contribution >= 0.6 is 11.6 Å². The van der Waals surface area contributed by atoms with Gasteiger partial charge in [-0.2, -0.15) is 0 Å². The standard InChI is InChI=1S/C13H17ClN2O4/c1-9-8-20-12(7-17)6-15(9)5-10-4-11(16(18)19)2-3-13(10)14/h2-4,9,12,17H,5-8H2,1H3. The van der Waals surface area contributed by atoms with E-state index in [1.165, 1.54) is 12.1 Å². The Hall–Kier alpha value is -1.21. The van der Waals surface area contributed by atoms with Gasteiger partial charge in [-0.15, -0.1) is 0 Å². The first kappa shape index (κ1) is 15.2. The maximum atomic E-state index is 10.8. The van der Waals surface area contributed by atoms with Crippen molar-refractivity contribution >= 4 is 17.3 Å². The second-order valence-corrected chi connectivity index (χ2v) is 5.36. The van der Waals surface area contributed by atoms with Gasteiger partial charge in [-0.05, 0) is 18.6 Å². The number of hydrogen-bond donors (Lipinski definition) is 1. The molecule has 1 N–H and O–H groups in total. The van der Waals surface area contributed by atoms with Crippen LogP contribution in [0.15, 0.2) is 18.2 Å². The molecule has 110 valence electrons. The molecule has 1 aliphatic rings. The number of non-ortho nitro benzene ring substituents is 1. The highest BCUT2D eigenvalue weighted by molar-refractivity contribution is 6.31. The molecule has 2 atom stereocenters. The predicted molar refractivity (Wildman–Crippen MR) is 74.8 cm³/mol. The zero-order chi connectivity index (χ0) is 14.7. The molecule has 6 nitrogen and oxygen atoms in total. The lowest BCUT2D eigenvalue weighted by Crippen LogP contribution is -2.48. The quantitative estimate of drug-likeness (QED) is 0.678. The van der Waals surface area contributed by atoms with Gasteiger partial charge in [0.1, 0.15) is 0 Å². The molecule has 0 amide bonds. The number of morpholine rings is 1. The lowest BCUT2D eigenvalue weighted by atomic mass is 10.1. The van der Waals surface area contributed by atoms with E-state index in [0.29, 0.717) is 30.3 Å². The molecule has 0 aliphatic carbocycles. The molecule has 2 rings (SSSR count). The number of ether oxygens (including phenoxy) is 1. The molecule has 0 radical (unpaired) electrons. The zero-order valence-corrected chi connectivity index (χ0v) is 11.9. The van der Waals surface area contributed by atoms with Crippen molar-refractivity contribution in [3.8, 4) is 0 Å². The van der Waals surface area contributed by atoms with E-state index in [9.17, 15) is 10.1 Å². The van der Waals surface area contributed by atoms with Gasteiger partial charge in [-0.1, -0.05) is 11.6 Å². The maximum Gasteiger partial charge on any atom is 0.269 e. The van der Waals surface area contributed by atoms with E-state index in [0.717, 1.165) is 0 Å². The molecule has 0 bridgehead atoms. The molecular weight excluding hydrogens is 284 g/mol. The molecule has 1 aromatic rings. The molecule has 2 unspecified atom stereocenters. The Morgan fingerprint density at radius 1 is 1.60 bits per heavy atom. The summed E-state index contributed by atoms with van der Waals surface area (Å²) < 4.78 is 5.47. The van der Waals surface area contributed by atoms with Crippen LogP contribution < -0.4 is 0 Å². The van der Waals surface area contributed by atoms with Gasteiger partial charge >= 0.3 is 0 Å². The van der Waals surface area contributed by atoms with Gasteiger partial charge in [0.15, 0.2) is 0 Å². The van der Waals surface area contributed by atoms with E-state index in [4.69, 9.17) is 21.4 Å². The highest BCUT2D eigenvalue weighted by Crippen LogP contribution is 2.25. The summed E-state index contributed by atoms with van der Waals surface area (Å²) in [6.07, 6.45) is -0.219. The van der Waals surface area contributed by atoms with E-state index < -0.39 is 4.92 Å². The van der Waals surface area contributed by atoms with Crippen molar-refractivity contribution < 1.29 is 14.8 Å². The van der Waals surface area contributed by atoms with Crippen LogP contribution in [0.1, 0.15) is 12.5 Å². The van der Waals surface area contributed by atoms with E-state index in [1.807, 2.05) is 6.92 Å². The van der Waals surface area contributed by atoms with Gasteiger partial charge < -0.3 is 9.84 Å². The van der Waals surface area contributed by atoms with Crippen LogP contribution in [0.4, 0.5) is 5.69 Å². The number of nitro benzene ring substituents is 1. The summed E-state index contributed by atoms with van der Waals surface area (Å²) in [5.74, 6) is 0. The summed E-state index contributed by atoms with van der Waals surface area (Å²) in [6.45, 7) is 3.58. The molecule has 20 heavy (non-hydrogen) atoms. The molecule has 1 fully saturated rings. The first-order chi connectivity index (χ1) is 9.51. The number of hydrogen-bond acceptors (Lipinski definition) is 5. The summed E-state index contributed by atoms with van der Waals surface area (Å²) >= 11 is 6.11. The fraction of sp³-hybridized carbons (Fsp3) is 0.538. The van der Waals surface area contributed by atoms with Crippen molar-refractivity contribution in [3.63, 3.8) is 0 Å². The SMILES string of the molecule is CC1COC(CO)CN1Cc1cc([N+](=O)[O-])ccc1Cl. The van der Waals surface area contributed by atoms with E-state index in [2.05, 4.69) is 4.90 Å². The van der Waals surface area contributed by atoms with Crippen LogP contribution in [0, 0.1) is 10.1 Å². The summed E-state index contributed by atoms with van der Waals surface area (Å²) in [7, 11) is 0. The largest absolute Gasteiger partial charge is 0.394 e. The van der Waals surface area contributed by atoms with Crippen LogP contribution in [0.3, 0.4) is 0 Å². The maximum absolute atomic E-state index is 10.8. The van der Waals surface area contributed by atoms with Crippen LogP contribution in [-0.2, 0) is 11.3 Å². The average molecular weight is 301 g/mol. The van der Waals surface area contributed by atoms with Crippen LogP contribution in [0.25, 0.3) is 0 Å². The monoisotopic (exact) mass is 300 g/mol. The summed E-state index contributed by atoms with van der Waals surface area (Å²) in [4.78, 5) is 12.5. The molecular formula is C13H17ClN2O4. The van der Waals surface area contributed by atoms with Gasteiger partial charge in [0, 0.05) is 36.3 Å². The van der Waals surface area contributed by atoms with Crippen LogP contribution in [0.5, 0.6) is 0 Å². The number of nitrogens with zero attached hydrogens (tertiary/aromatic N) is 2. The first-order valence-corrected chi connectivity index (χ1v) is 6.78. The third-order valence-electron chi connectivity index (χ3n) is 3.45. The molecule has 7 heteroatoms. The molecule has 1 saturated heterocycles. The number of halogens is 1. The van der Waals surface area contributed by atoms with E-state index >= 15 is 0 Å². The molecule has 1 heterocycles. The van der Waals surface area contributed by atoms with E-state index in [1.54, 1.807) is 6.07 Å². The van der Waals surface area contributed by atoms with Crippen LogP contribution in [-0.4, -0.2) is 46.8 Å². The first-order valence-electron chi connectivity index (χ1n) is 6.40. The molecule has 0 saturated carbocycles. The highest BCUT2D eigenvalue weighted by Gasteiger charge is 2.26. The minimum Gasteiger partial charge on any atom is -0.394 e. The van der Waals surface area contributed by atoms with Crippen LogP contribution in [0.2, 0.25) is 5.02 Å². The van der Waals surface area contributed by atoms with Crippen molar-refractivity contribution in [1.29, 1.82) is 0 Å². The van der Waals surface area contributed by atoms with Crippen molar-refractivity contribution in [3.05, 3.63) is 38.9 Å². The third-order valence-corrected chi connectivity index (χ3v) is 3.82. The Labute approximate surface area is 122 Å². The smallest absolute Gasteiger partial charge is 0.269 e. The second-order valence-electron chi connectivity index (χ2n) is 4.95. The van der Waals surface area contributed by atoms with Crippen molar-refractivity contribution in [2.75, 3.05) is 19.8 Å². The fourth-order valence-corrected chi connectivity index (χ4v) is 2.40. The zero-order valence-electron chi connectivity index (χ0n) is 11.2. The predicted octanol–water partition coefficient (Wildman–Crippen LogP) is 1.83. The molecule has 1 aliphatic heterocycles. The second kappa shape index (κ2) is 6.49. The Bertz CT molecular complexity index is 497. The highest BCUT2D eigenvalue weighted by atomic mass is 35.5. The Morgan fingerprint density at radius 2 is 2.35 bits per heavy atom.